The van der Waals surface area contributed by atoms with Crippen LogP contribution >= 0.6 is 0 Å². The first-order valence-corrected chi connectivity index (χ1v) is 2.68. The highest BCUT2D eigenvalue weighted by Gasteiger charge is 1.99. The van der Waals surface area contributed by atoms with E-state index in [4.69, 9.17) is 5.11 Å². The van der Waals surface area contributed by atoms with E-state index in [1.54, 1.807) is 0 Å². The molecule has 1 aliphatic rings. The van der Waals surface area contributed by atoms with E-state index in [0.717, 1.165) is 13.2 Å². The van der Waals surface area contributed by atoms with Gasteiger partial charge in [-0.3, -0.25) is 0 Å². The topological polar surface area (TPSA) is 35.5 Å². The Kier molecular flexibility index (Phi) is 1.75. The van der Waals surface area contributed by atoms with Crippen molar-refractivity contribution in [3.63, 3.8) is 0 Å². The lowest BCUT2D eigenvalue weighted by Crippen LogP contribution is -2.23. The normalized spacial score (nSPS) is 16.9. The molecule has 0 fully saturated rings. The first-order chi connectivity index (χ1) is 3.93. The predicted molar refractivity (Wildman–Crippen MR) is 30.9 cm³/mol. The van der Waals surface area contributed by atoms with Crippen molar-refractivity contribution in [1.29, 1.82) is 0 Å². The van der Waals surface area contributed by atoms with Gasteiger partial charge in [0.1, 0.15) is 0 Å². The lowest BCUT2D eigenvalue weighted by Gasteiger charge is -2.11. The Morgan fingerprint density at radius 3 is 3.12 bits per heavy atom. The van der Waals surface area contributed by atoms with Gasteiger partial charge in [0.15, 0.2) is 0 Å². The van der Waals surface area contributed by atoms with Gasteiger partial charge in [-0.25, -0.2) is 0 Å². The van der Waals surface area contributed by atoms with Crippen LogP contribution in [0, 0.1) is 0 Å². The van der Waals surface area contributed by atoms with Gasteiger partial charge in [0.2, 0.25) is 0 Å². The number of hydrogen-bond acceptors (Lipinski definition) is 3. The Balaban J connectivity index is 2.16. The molecule has 0 amide bonds. The van der Waals surface area contributed by atoms with Crippen molar-refractivity contribution in [3.05, 3.63) is 12.4 Å². The first-order valence-electron chi connectivity index (χ1n) is 2.68. The molecule has 0 saturated heterocycles. The van der Waals surface area contributed by atoms with Gasteiger partial charge in [-0.05, 0) is 0 Å². The minimum absolute atomic E-state index is 0.228. The van der Waals surface area contributed by atoms with Crippen LogP contribution in [0.25, 0.3) is 0 Å². The van der Waals surface area contributed by atoms with E-state index in [9.17, 15) is 0 Å². The number of nitrogens with zero attached hydrogens (tertiary/aromatic N) is 1. The molecule has 1 aliphatic heterocycles. The van der Waals surface area contributed by atoms with Gasteiger partial charge in [-0.2, -0.15) is 0 Å². The molecular weight excluding hydrogens is 104 g/mol. The van der Waals surface area contributed by atoms with E-state index in [-0.39, 0.29) is 6.61 Å². The molecule has 0 radical (unpaired) electrons. The van der Waals surface area contributed by atoms with Gasteiger partial charge in [0.25, 0.3) is 0 Å². The molecule has 0 aliphatic carbocycles. The standard InChI is InChI=1S/C5H10N2O/c8-4-3-7-2-1-6-5-7/h1-2,6,8H,3-5H2. The molecule has 1 heterocycles. The molecule has 0 spiro atoms. The summed E-state index contributed by atoms with van der Waals surface area (Å²) in [6, 6.07) is 0. The molecule has 8 heavy (non-hydrogen) atoms. The van der Waals surface area contributed by atoms with Gasteiger partial charge in [0, 0.05) is 18.9 Å². The number of aliphatic hydroxyl groups is 1. The van der Waals surface area contributed by atoms with Crippen LogP contribution in [0.1, 0.15) is 0 Å². The fourth-order valence-electron chi connectivity index (χ4n) is 0.663. The Morgan fingerprint density at radius 1 is 1.75 bits per heavy atom. The summed E-state index contributed by atoms with van der Waals surface area (Å²) >= 11 is 0. The second-order valence-corrected chi connectivity index (χ2v) is 1.71. The van der Waals surface area contributed by atoms with Crippen molar-refractivity contribution >= 4 is 0 Å². The van der Waals surface area contributed by atoms with Crippen LogP contribution in [0.15, 0.2) is 12.4 Å². The average Bonchev–Trinajstić information content (AvgIpc) is 2.19. The summed E-state index contributed by atoms with van der Waals surface area (Å²) in [5.41, 5.74) is 0. The molecule has 3 nitrogen and oxygen atoms in total. The number of aliphatic hydroxyl groups excluding tert-OH is 1. The molecule has 0 atom stereocenters. The van der Waals surface area contributed by atoms with E-state index in [1.807, 2.05) is 17.3 Å². The third-order valence-electron chi connectivity index (χ3n) is 1.08. The second kappa shape index (κ2) is 2.57. The number of nitrogens with one attached hydrogen (secondary N) is 1. The summed E-state index contributed by atoms with van der Waals surface area (Å²) in [7, 11) is 0. The van der Waals surface area contributed by atoms with E-state index in [2.05, 4.69) is 5.32 Å². The monoisotopic (exact) mass is 114 g/mol. The number of hydrogen-bond donors (Lipinski definition) is 2. The molecule has 0 bridgehead atoms. The van der Waals surface area contributed by atoms with Gasteiger partial charge in [-0.1, -0.05) is 0 Å². The number of rotatable bonds is 2. The molecule has 0 saturated carbocycles. The van der Waals surface area contributed by atoms with Crippen LogP contribution in [0.2, 0.25) is 0 Å². The van der Waals surface area contributed by atoms with Crippen LogP contribution in [-0.4, -0.2) is 29.8 Å². The maximum atomic E-state index is 8.42. The fraction of sp³-hybridized carbons (Fsp3) is 0.600. The highest BCUT2D eigenvalue weighted by Crippen LogP contribution is 1.90. The Hall–Kier alpha value is -0.700. The van der Waals surface area contributed by atoms with Crippen LogP contribution in [-0.2, 0) is 0 Å². The van der Waals surface area contributed by atoms with Crippen molar-refractivity contribution in [2.75, 3.05) is 19.8 Å². The zero-order chi connectivity index (χ0) is 5.82. The van der Waals surface area contributed by atoms with E-state index in [1.165, 1.54) is 0 Å². The molecule has 0 aromatic carbocycles. The molecule has 0 aromatic rings. The minimum Gasteiger partial charge on any atom is -0.395 e. The molecule has 2 N–H and O–H groups in total. The Morgan fingerprint density at radius 2 is 2.62 bits per heavy atom. The predicted octanol–water partition coefficient (Wildman–Crippen LogP) is -0.687. The SMILES string of the molecule is OCCN1C=CNC1. The quantitative estimate of drug-likeness (QED) is 0.499. The lowest BCUT2D eigenvalue weighted by atomic mass is 10.6. The first kappa shape index (κ1) is 5.44. The summed E-state index contributed by atoms with van der Waals surface area (Å²) in [5.74, 6) is 0. The fourth-order valence-corrected chi connectivity index (χ4v) is 0.663. The maximum absolute atomic E-state index is 8.42. The van der Waals surface area contributed by atoms with Crippen LogP contribution in [0.3, 0.4) is 0 Å². The van der Waals surface area contributed by atoms with E-state index < -0.39 is 0 Å². The Labute approximate surface area is 48.6 Å². The summed E-state index contributed by atoms with van der Waals surface area (Å²) in [6.45, 7) is 1.79. The van der Waals surface area contributed by atoms with Gasteiger partial charge >= 0.3 is 0 Å². The van der Waals surface area contributed by atoms with Crippen molar-refractivity contribution in [3.8, 4) is 0 Å². The molecule has 0 aromatic heterocycles. The van der Waals surface area contributed by atoms with Crippen molar-refractivity contribution in [2.24, 2.45) is 0 Å². The molecular formula is C5H10N2O. The van der Waals surface area contributed by atoms with E-state index in [0.29, 0.717) is 0 Å². The van der Waals surface area contributed by atoms with Gasteiger partial charge < -0.3 is 15.3 Å². The zero-order valence-corrected chi connectivity index (χ0v) is 4.67. The molecule has 0 unspecified atom stereocenters. The highest BCUT2D eigenvalue weighted by molar-refractivity contribution is 4.86. The summed E-state index contributed by atoms with van der Waals surface area (Å²) in [5, 5.41) is 11.4. The smallest absolute Gasteiger partial charge is 0.0868 e. The largest absolute Gasteiger partial charge is 0.395 e. The molecule has 1 rings (SSSR count). The average molecular weight is 114 g/mol. The molecule has 46 valence electrons. The summed E-state index contributed by atoms with van der Waals surface area (Å²) in [6.07, 6.45) is 3.80. The van der Waals surface area contributed by atoms with Gasteiger partial charge in [0.05, 0.1) is 13.3 Å². The highest BCUT2D eigenvalue weighted by atomic mass is 16.3. The van der Waals surface area contributed by atoms with Crippen molar-refractivity contribution < 1.29 is 5.11 Å². The van der Waals surface area contributed by atoms with Crippen LogP contribution < -0.4 is 5.32 Å². The Bertz CT molecular complexity index is 92.4. The lowest BCUT2D eigenvalue weighted by molar-refractivity contribution is 0.241. The molecule has 3 heteroatoms. The van der Waals surface area contributed by atoms with Crippen molar-refractivity contribution in [2.45, 2.75) is 0 Å². The van der Waals surface area contributed by atoms with Gasteiger partial charge in [-0.15, -0.1) is 0 Å². The third kappa shape index (κ3) is 1.13. The van der Waals surface area contributed by atoms with Crippen LogP contribution in [0.5, 0.6) is 0 Å². The summed E-state index contributed by atoms with van der Waals surface area (Å²) in [4.78, 5) is 2.00. The third-order valence-corrected chi connectivity index (χ3v) is 1.08. The van der Waals surface area contributed by atoms with Crippen molar-refractivity contribution in [1.82, 2.24) is 10.2 Å². The van der Waals surface area contributed by atoms with E-state index >= 15 is 0 Å². The van der Waals surface area contributed by atoms with Crippen LogP contribution in [0.4, 0.5) is 0 Å². The zero-order valence-electron chi connectivity index (χ0n) is 4.67. The second-order valence-electron chi connectivity index (χ2n) is 1.71. The minimum atomic E-state index is 0.228. The maximum Gasteiger partial charge on any atom is 0.0868 e. The summed E-state index contributed by atoms with van der Waals surface area (Å²) < 4.78 is 0. The number of β-amino-alcohol motifs (C(OH)–C–C–N with tert-alkyl or cyclic N) is 1.